The maximum Gasteiger partial charge on any atom is 0.267 e. The molecule has 4 aromatic rings. The minimum Gasteiger partial charge on any atom is -0.497 e. The van der Waals surface area contributed by atoms with Gasteiger partial charge >= 0.3 is 0 Å². The molecule has 0 radical (unpaired) electrons. The van der Waals surface area contributed by atoms with Crippen molar-refractivity contribution in [2.75, 3.05) is 18.2 Å². The molecular weight excluding hydrogens is 525 g/mol. The van der Waals surface area contributed by atoms with Gasteiger partial charge in [-0.2, -0.15) is 0 Å². The Morgan fingerprint density at radius 1 is 1.14 bits per heavy atom. The Morgan fingerprint density at radius 2 is 1.86 bits per heavy atom. The lowest BCUT2D eigenvalue weighted by atomic mass is 9.97. The van der Waals surface area contributed by atoms with Crippen molar-refractivity contribution in [3.63, 3.8) is 0 Å². The van der Waals surface area contributed by atoms with E-state index in [2.05, 4.69) is 5.32 Å². The van der Waals surface area contributed by atoms with Gasteiger partial charge in [0.2, 0.25) is 5.91 Å². The average Bonchev–Trinajstić information content (AvgIpc) is 3.24. The SMILES string of the molecule is COc1ccc(-n2c(SCC(=O)Nc3c(Cl)cccc3Cl)nc3sc4c(c3c2=O)CCCC4)cc1. The predicted molar refractivity (Wildman–Crippen MR) is 144 cm³/mol. The van der Waals surface area contributed by atoms with Crippen LogP contribution in [0.1, 0.15) is 23.3 Å². The van der Waals surface area contributed by atoms with Gasteiger partial charge in [0, 0.05) is 4.88 Å². The van der Waals surface area contributed by atoms with Crippen LogP contribution in [0.4, 0.5) is 5.69 Å². The molecule has 35 heavy (non-hydrogen) atoms. The molecule has 2 aromatic heterocycles. The number of nitrogens with one attached hydrogen (secondary N) is 1. The fourth-order valence-electron chi connectivity index (χ4n) is 4.16. The third-order valence-corrected chi connectivity index (χ3v) is 8.60. The van der Waals surface area contributed by atoms with Gasteiger partial charge in [-0.25, -0.2) is 4.98 Å². The quantitative estimate of drug-likeness (QED) is 0.225. The molecule has 0 bridgehead atoms. The molecular formula is C25H21Cl2N3O3S2. The molecule has 10 heteroatoms. The van der Waals surface area contributed by atoms with Gasteiger partial charge in [-0.05, 0) is 67.6 Å². The lowest BCUT2D eigenvalue weighted by Crippen LogP contribution is -2.23. The molecule has 2 heterocycles. The van der Waals surface area contributed by atoms with Crippen LogP contribution < -0.4 is 15.6 Å². The molecule has 1 N–H and O–H groups in total. The monoisotopic (exact) mass is 545 g/mol. The number of amides is 1. The van der Waals surface area contributed by atoms with Crippen LogP contribution in [0.5, 0.6) is 5.75 Å². The van der Waals surface area contributed by atoms with Crippen LogP contribution in [-0.2, 0) is 17.6 Å². The number of anilines is 1. The summed E-state index contributed by atoms with van der Waals surface area (Å²) in [6.45, 7) is 0. The van der Waals surface area contributed by atoms with Gasteiger partial charge in [0.05, 0.1) is 39.7 Å². The Morgan fingerprint density at radius 3 is 2.57 bits per heavy atom. The lowest BCUT2D eigenvalue weighted by molar-refractivity contribution is -0.113. The standard InChI is InChI=1S/C25H21Cl2N3O3S2/c1-33-15-11-9-14(10-12-15)30-24(32)21-16-5-2-3-8-19(16)35-23(21)29-25(30)34-13-20(31)28-22-17(26)6-4-7-18(22)27/h4,6-7,9-12H,2-3,5,8,13H2,1H3,(H,28,31). The molecule has 1 amide bonds. The number of aromatic nitrogens is 2. The Hall–Kier alpha value is -2.52. The van der Waals surface area contributed by atoms with Crippen LogP contribution in [-0.4, -0.2) is 28.3 Å². The van der Waals surface area contributed by atoms with Crippen molar-refractivity contribution in [3.8, 4) is 11.4 Å². The van der Waals surface area contributed by atoms with Crippen molar-refractivity contribution in [2.24, 2.45) is 0 Å². The van der Waals surface area contributed by atoms with Crippen LogP contribution in [0.15, 0.2) is 52.4 Å². The summed E-state index contributed by atoms with van der Waals surface area (Å²) >= 11 is 15.1. The summed E-state index contributed by atoms with van der Waals surface area (Å²) in [6.07, 6.45) is 4.06. The van der Waals surface area contributed by atoms with Gasteiger partial charge in [0.15, 0.2) is 5.16 Å². The summed E-state index contributed by atoms with van der Waals surface area (Å²) in [5.74, 6) is 0.417. The van der Waals surface area contributed by atoms with Crippen LogP contribution in [0.25, 0.3) is 15.9 Å². The van der Waals surface area contributed by atoms with E-state index in [9.17, 15) is 9.59 Å². The summed E-state index contributed by atoms with van der Waals surface area (Å²) in [7, 11) is 1.59. The highest BCUT2D eigenvalue weighted by atomic mass is 35.5. The van der Waals surface area contributed by atoms with Gasteiger partial charge in [0.25, 0.3) is 5.56 Å². The third kappa shape index (κ3) is 4.80. The molecule has 0 aliphatic heterocycles. The number of thiophene rings is 1. The summed E-state index contributed by atoms with van der Waals surface area (Å²) in [4.78, 5) is 33.4. The molecule has 5 rings (SSSR count). The minimum atomic E-state index is -0.300. The van der Waals surface area contributed by atoms with Crippen molar-refractivity contribution in [1.29, 1.82) is 0 Å². The molecule has 1 aliphatic carbocycles. The smallest absolute Gasteiger partial charge is 0.267 e. The van der Waals surface area contributed by atoms with E-state index in [-0.39, 0.29) is 17.2 Å². The minimum absolute atomic E-state index is 0.0285. The van der Waals surface area contributed by atoms with E-state index in [0.717, 1.165) is 36.1 Å². The number of hydrogen-bond acceptors (Lipinski definition) is 6. The van der Waals surface area contributed by atoms with E-state index >= 15 is 0 Å². The fourth-order valence-corrected chi connectivity index (χ4v) is 6.77. The van der Waals surface area contributed by atoms with Crippen LogP contribution in [0.3, 0.4) is 0 Å². The first kappa shape index (κ1) is 24.2. The Kier molecular flexibility index (Phi) is 7.07. The number of fused-ring (bicyclic) bond motifs is 3. The molecule has 0 spiro atoms. The molecule has 0 atom stereocenters. The van der Waals surface area contributed by atoms with Gasteiger partial charge in [-0.1, -0.05) is 41.0 Å². The first-order chi connectivity index (χ1) is 17.0. The second-order valence-corrected chi connectivity index (χ2v) is 10.9. The summed E-state index contributed by atoms with van der Waals surface area (Å²) in [6, 6.07) is 12.3. The Balaban J connectivity index is 1.53. The van der Waals surface area contributed by atoms with Crippen LogP contribution in [0.2, 0.25) is 10.0 Å². The normalized spacial score (nSPS) is 13.0. The lowest BCUT2D eigenvalue weighted by Gasteiger charge is -2.14. The molecule has 2 aromatic carbocycles. The number of para-hydroxylation sites is 1. The number of rotatable bonds is 6. The molecule has 180 valence electrons. The number of carbonyl (C=O) groups is 1. The topological polar surface area (TPSA) is 73.2 Å². The Labute approximate surface area is 220 Å². The Bertz CT molecular complexity index is 1460. The zero-order chi connectivity index (χ0) is 24.5. The number of benzene rings is 2. The maximum absolute atomic E-state index is 13.8. The predicted octanol–water partition coefficient (Wildman–Crippen LogP) is 6.37. The van der Waals surface area contributed by atoms with Crippen molar-refractivity contribution < 1.29 is 9.53 Å². The third-order valence-electron chi connectivity index (χ3n) is 5.85. The molecule has 0 fully saturated rings. The fraction of sp³-hybridized carbons (Fsp3) is 0.240. The van der Waals surface area contributed by atoms with Crippen molar-refractivity contribution >= 4 is 68.1 Å². The van der Waals surface area contributed by atoms with Gasteiger partial charge < -0.3 is 10.1 Å². The number of carbonyl (C=O) groups excluding carboxylic acids is 1. The number of ether oxygens (including phenoxy) is 1. The average molecular weight is 547 g/mol. The van der Waals surface area contributed by atoms with Gasteiger partial charge in [0.1, 0.15) is 10.6 Å². The summed E-state index contributed by atoms with van der Waals surface area (Å²) in [5.41, 5.74) is 2.04. The van der Waals surface area contributed by atoms with E-state index in [0.29, 0.717) is 37.7 Å². The number of methoxy groups -OCH3 is 1. The highest BCUT2D eigenvalue weighted by Gasteiger charge is 2.23. The molecule has 0 unspecified atom stereocenters. The van der Waals surface area contributed by atoms with E-state index < -0.39 is 0 Å². The number of aryl methyl sites for hydroxylation is 2. The van der Waals surface area contributed by atoms with E-state index in [1.54, 1.807) is 53.3 Å². The van der Waals surface area contributed by atoms with Gasteiger partial charge in [-0.3, -0.25) is 14.2 Å². The number of hydrogen-bond donors (Lipinski definition) is 1. The summed E-state index contributed by atoms with van der Waals surface area (Å²) < 4.78 is 6.86. The van der Waals surface area contributed by atoms with E-state index in [1.807, 2.05) is 12.1 Å². The van der Waals surface area contributed by atoms with Gasteiger partial charge in [-0.15, -0.1) is 11.3 Å². The zero-order valence-electron chi connectivity index (χ0n) is 18.8. The van der Waals surface area contributed by atoms with E-state index in [1.165, 1.54) is 16.6 Å². The second-order valence-electron chi connectivity index (χ2n) is 8.06. The van der Waals surface area contributed by atoms with Crippen molar-refractivity contribution in [2.45, 2.75) is 30.8 Å². The molecule has 0 saturated carbocycles. The van der Waals surface area contributed by atoms with Crippen LogP contribution in [0, 0.1) is 0 Å². The molecule has 1 aliphatic rings. The van der Waals surface area contributed by atoms with E-state index in [4.69, 9.17) is 32.9 Å². The maximum atomic E-state index is 13.8. The van der Waals surface area contributed by atoms with Crippen molar-refractivity contribution in [1.82, 2.24) is 9.55 Å². The second kappa shape index (κ2) is 10.2. The number of nitrogens with zero attached hydrogens (tertiary/aromatic N) is 2. The molecule has 0 saturated heterocycles. The number of halogens is 2. The largest absolute Gasteiger partial charge is 0.497 e. The summed E-state index contributed by atoms with van der Waals surface area (Å²) in [5, 5.41) is 4.62. The number of thioether (sulfide) groups is 1. The van der Waals surface area contributed by atoms with Crippen LogP contribution >= 0.6 is 46.3 Å². The highest BCUT2D eigenvalue weighted by Crippen LogP contribution is 2.35. The molecule has 6 nitrogen and oxygen atoms in total. The first-order valence-electron chi connectivity index (χ1n) is 11.0. The van der Waals surface area contributed by atoms with Crippen molar-refractivity contribution in [3.05, 3.63) is 73.3 Å². The zero-order valence-corrected chi connectivity index (χ0v) is 21.9. The first-order valence-corrected chi connectivity index (χ1v) is 13.6. The highest BCUT2D eigenvalue weighted by molar-refractivity contribution is 7.99.